The van der Waals surface area contributed by atoms with Crippen LogP contribution in [0.5, 0.6) is 0 Å². The molecule has 0 saturated heterocycles. The van der Waals surface area contributed by atoms with Gasteiger partial charge in [-0.25, -0.2) is 0 Å². The minimum atomic E-state index is -0.826. The van der Waals surface area contributed by atoms with Crippen LogP contribution in [0.2, 0.25) is 13.1 Å². The van der Waals surface area contributed by atoms with Gasteiger partial charge in [0.2, 0.25) is 0 Å². The predicted octanol–water partition coefficient (Wildman–Crippen LogP) is 12.4. The molecule has 0 nitrogen and oxygen atoms in total. The first kappa shape index (κ1) is 34.3. The van der Waals surface area contributed by atoms with E-state index in [1.165, 1.54) is 66.1 Å². The second kappa shape index (κ2) is 17.8. The third kappa shape index (κ3) is 9.39. The first-order chi connectivity index (χ1) is 20.4. The summed E-state index contributed by atoms with van der Waals surface area (Å²) in [6.07, 6.45) is 2.20. The number of fused-ring (bicyclic) bond motifs is 2. The molecular weight excluding hydrogens is 647 g/mol. The SMILES string of the molecule is CCc1cc2c(-c3ccc(C)cc3)cccc2[cH-]1.CCc1cc2c(-c3ccc(C)cc3)cccc2[cH-]1.C[Si]C.[Cl][Zr+2][Cl]. The molecule has 0 aromatic heterocycles. The van der Waals surface area contributed by atoms with Gasteiger partial charge in [-0.3, -0.25) is 0 Å². The Bertz CT molecular complexity index is 1520. The van der Waals surface area contributed by atoms with Gasteiger partial charge in [-0.1, -0.05) is 110 Å². The molecule has 214 valence electrons. The Morgan fingerprint density at radius 3 is 1.24 bits per heavy atom. The third-order valence-electron chi connectivity index (χ3n) is 7.16. The van der Waals surface area contributed by atoms with Crippen LogP contribution in [0.15, 0.2) is 109 Å². The van der Waals surface area contributed by atoms with Crippen LogP contribution in [0.4, 0.5) is 0 Å². The van der Waals surface area contributed by atoms with Crippen LogP contribution in [-0.4, -0.2) is 9.52 Å². The summed E-state index contributed by atoms with van der Waals surface area (Å²) in [6, 6.07) is 39.9. The molecule has 0 amide bonds. The van der Waals surface area contributed by atoms with Crippen LogP contribution in [-0.2, 0) is 33.7 Å². The fourth-order valence-electron chi connectivity index (χ4n) is 4.97. The number of aryl methyl sites for hydroxylation is 4. The van der Waals surface area contributed by atoms with E-state index in [4.69, 9.17) is 17.0 Å². The van der Waals surface area contributed by atoms with Gasteiger partial charge in [-0.15, -0.1) is 69.1 Å². The van der Waals surface area contributed by atoms with Crippen LogP contribution < -0.4 is 0 Å². The Labute approximate surface area is 274 Å². The normalized spacial score (nSPS) is 10.1. The average molecular weight is 687 g/mol. The molecule has 4 heteroatoms. The Balaban J connectivity index is 0.000000195. The second-order valence-electron chi connectivity index (χ2n) is 10.4. The van der Waals surface area contributed by atoms with Crippen LogP contribution in [0.3, 0.4) is 0 Å². The Morgan fingerprint density at radius 1 is 0.595 bits per heavy atom. The fraction of sp³-hybridized carbons (Fsp3) is 0.211. The van der Waals surface area contributed by atoms with Crippen molar-refractivity contribution in [2.45, 2.75) is 53.6 Å². The Morgan fingerprint density at radius 2 is 0.929 bits per heavy atom. The molecule has 0 fully saturated rings. The molecule has 0 aliphatic carbocycles. The van der Waals surface area contributed by atoms with Crippen molar-refractivity contribution in [3.05, 3.63) is 131 Å². The molecule has 6 aromatic carbocycles. The summed E-state index contributed by atoms with van der Waals surface area (Å²) < 4.78 is 0. The number of hydrogen-bond donors (Lipinski definition) is 0. The van der Waals surface area contributed by atoms with E-state index in [1.54, 1.807) is 0 Å². The van der Waals surface area contributed by atoms with Crippen molar-refractivity contribution in [2.75, 3.05) is 0 Å². The number of hydrogen-bond acceptors (Lipinski definition) is 0. The van der Waals surface area contributed by atoms with Crippen molar-refractivity contribution in [3.63, 3.8) is 0 Å². The van der Waals surface area contributed by atoms with Crippen LogP contribution in [0.25, 0.3) is 43.8 Å². The summed E-state index contributed by atoms with van der Waals surface area (Å²) in [5.74, 6) is 0. The molecule has 0 bridgehead atoms. The molecule has 0 heterocycles. The molecule has 0 unspecified atom stereocenters. The van der Waals surface area contributed by atoms with Gasteiger partial charge in [-0.05, 0) is 37.8 Å². The first-order valence-electron chi connectivity index (χ1n) is 14.4. The van der Waals surface area contributed by atoms with Gasteiger partial charge < -0.3 is 0 Å². The first-order valence-corrected chi connectivity index (χ1v) is 22.8. The van der Waals surface area contributed by atoms with Crippen LogP contribution in [0, 0.1) is 13.8 Å². The molecule has 0 aliphatic heterocycles. The summed E-state index contributed by atoms with van der Waals surface area (Å²) in [6.45, 7) is 13.0. The van der Waals surface area contributed by atoms with E-state index in [2.05, 4.69) is 150 Å². The zero-order chi connectivity index (χ0) is 30.5. The van der Waals surface area contributed by atoms with E-state index in [0.717, 1.165) is 22.4 Å². The van der Waals surface area contributed by atoms with Crippen molar-refractivity contribution in [1.82, 2.24) is 0 Å². The molecule has 0 aliphatic rings. The molecule has 0 N–H and O–H groups in total. The van der Waals surface area contributed by atoms with E-state index in [9.17, 15) is 0 Å². The maximum atomic E-state index is 4.93. The maximum absolute atomic E-state index is 4.93. The average Bonchev–Trinajstić information content (AvgIpc) is 3.63. The standard InChI is InChI=1S/2C18H17.C2H6Si.2ClH.Zr/c2*1-3-14-11-16-5-4-6-17(18(16)12-14)15-9-7-13(2)8-10-15;1-3-2;;;/h2*4-12H,3H2,1-2H3;1-2H3;2*1H;/q2*-1;;;;+4/p-2. The van der Waals surface area contributed by atoms with Gasteiger partial charge in [0.05, 0.1) is 0 Å². The molecular formula is C38H40Cl2SiZr. The van der Waals surface area contributed by atoms with E-state index in [-0.39, 0.29) is 0 Å². The Hall–Kier alpha value is -2.22. The van der Waals surface area contributed by atoms with Crippen LogP contribution in [0.1, 0.15) is 36.1 Å². The molecule has 6 rings (SSSR count). The summed E-state index contributed by atoms with van der Waals surface area (Å²) >= 11 is -0.826. The molecule has 6 aromatic rings. The van der Waals surface area contributed by atoms with E-state index >= 15 is 0 Å². The van der Waals surface area contributed by atoms with Gasteiger partial charge in [0.1, 0.15) is 0 Å². The van der Waals surface area contributed by atoms with Gasteiger partial charge in [-0.2, -0.15) is 12.1 Å². The quantitative estimate of drug-likeness (QED) is 0.128. The van der Waals surface area contributed by atoms with Crippen LogP contribution >= 0.6 is 17.0 Å². The van der Waals surface area contributed by atoms with Gasteiger partial charge >= 0.3 is 37.9 Å². The van der Waals surface area contributed by atoms with E-state index in [1.807, 2.05) is 0 Å². The van der Waals surface area contributed by atoms with Crippen molar-refractivity contribution in [2.24, 2.45) is 0 Å². The molecule has 0 spiro atoms. The Kier molecular flexibility index (Phi) is 14.5. The summed E-state index contributed by atoms with van der Waals surface area (Å²) in [5.41, 5.74) is 10.7. The minimum absolute atomic E-state index is 0.826. The summed E-state index contributed by atoms with van der Waals surface area (Å²) in [7, 11) is 11.0. The van der Waals surface area contributed by atoms with E-state index in [0.29, 0.717) is 0 Å². The van der Waals surface area contributed by atoms with E-state index < -0.39 is 20.8 Å². The number of rotatable bonds is 4. The third-order valence-corrected chi connectivity index (χ3v) is 7.16. The summed E-state index contributed by atoms with van der Waals surface area (Å²) in [4.78, 5) is 0. The predicted molar refractivity (Wildman–Crippen MR) is 187 cm³/mol. The van der Waals surface area contributed by atoms with Gasteiger partial charge in [0.25, 0.3) is 0 Å². The molecule has 2 radical (unpaired) electrons. The summed E-state index contributed by atoms with van der Waals surface area (Å²) in [5, 5.41) is 5.45. The van der Waals surface area contributed by atoms with Crippen molar-refractivity contribution < 1.29 is 20.8 Å². The second-order valence-corrected chi connectivity index (χ2v) is 15.1. The zero-order valence-corrected chi connectivity index (χ0v) is 30.5. The van der Waals surface area contributed by atoms with Gasteiger partial charge in [0.15, 0.2) is 0 Å². The van der Waals surface area contributed by atoms with Crippen molar-refractivity contribution in [3.8, 4) is 22.3 Å². The molecule has 42 heavy (non-hydrogen) atoms. The van der Waals surface area contributed by atoms with Crippen molar-refractivity contribution in [1.29, 1.82) is 0 Å². The molecule has 0 saturated carbocycles. The zero-order valence-electron chi connectivity index (χ0n) is 25.6. The molecule has 0 atom stereocenters. The van der Waals surface area contributed by atoms with Gasteiger partial charge in [0, 0.05) is 9.52 Å². The number of halogens is 2. The fourth-order valence-corrected chi connectivity index (χ4v) is 4.97. The number of benzene rings is 4. The monoisotopic (exact) mass is 684 g/mol. The van der Waals surface area contributed by atoms with Crippen molar-refractivity contribution >= 4 is 48.1 Å². The topological polar surface area (TPSA) is 0 Å².